The Labute approximate surface area is 118 Å². The van der Waals surface area contributed by atoms with Gasteiger partial charge in [-0.05, 0) is 55.7 Å². The van der Waals surface area contributed by atoms with Gasteiger partial charge < -0.3 is 4.74 Å². The first-order chi connectivity index (χ1) is 9.06. The Morgan fingerprint density at radius 1 is 1.16 bits per heavy atom. The second-order valence-corrected chi connectivity index (χ2v) is 6.00. The number of benzene rings is 1. The molecule has 0 aliphatic heterocycles. The van der Waals surface area contributed by atoms with Gasteiger partial charge in [0.05, 0.1) is 13.2 Å². The van der Waals surface area contributed by atoms with Crippen molar-refractivity contribution in [1.29, 1.82) is 0 Å². The zero-order valence-corrected chi connectivity index (χ0v) is 12.6. The number of hydrazine groups is 1. The molecule has 102 valence electrons. The second-order valence-electron chi connectivity index (χ2n) is 4.71. The molecule has 0 bridgehead atoms. The van der Waals surface area contributed by atoms with Crippen LogP contribution in [-0.4, -0.2) is 7.11 Å². The predicted molar refractivity (Wildman–Crippen MR) is 80.7 cm³/mol. The number of nitrogens with one attached hydrogen (secondary N) is 1. The van der Waals surface area contributed by atoms with Crippen LogP contribution in [0, 0.1) is 20.8 Å². The highest BCUT2D eigenvalue weighted by atomic mass is 32.1. The van der Waals surface area contributed by atoms with E-state index < -0.39 is 0 Å². The number of thiophene rings is 1. The van der Waals surface area contributed by atoms with E-state index in [1.54, 1.807) is 18.4 Å². The molecule has 2 aromatic rings. The SMILES string of the molecule is COc1ccc(C(NN)c2cc(C)c(C)s2)c(C)c1. The molecule has 19 heavy (non-hydrogen) atoms. The lowest BCUT2D eigenvalue weighted by molar-refractivity contribution is 0.414. The van der Waals surface area contributed by atoms with Gasteiger partial charge in [0, 0.05) is 9.75 Å². The molecule has 0 saturated carbocycles. The number of nitrogens with two attached hydrogens (primary N) is 1. The van der Waals surface area contributed by atoms with E-state index in [9.17, 15) is 0 Å². The third kappa shape index (κ3) is 2.81. The van der Waals surface area contributed by atoms with E-state index >= 15 is 0 Å². The first-order valence-electron chi connectivity index (χ1n) is 6.24. The lowest BCUT2D eigenvalue weighted by Gasteiger charge is -2.18. The van der Waals surface area contributed by atoms with E-state index in [4.69, 9.17) is 10.6 Å². The van der Waals surface area contributed by atoms with Gasteiger partial charge in [0.2, 0.25) is 0 Å². The third-order valence-electron chi connectivity index (χ3n) is 3.42. The van der Waals surface area contributed by atoms with Crippen LogP contribution in [0.4, 0.5) is 0 Å². The van der Waals surface area contributed by atoms with E-state index in [1.165, 1.54) is 26.4 Å². The van der Waals surface area contributed by atoms with Gasteiger partial charge in [0.1, 0.15) is 5.75 Å². The van der Waals surface area contributed by atoms with Crippen molar-refractivity contribution in [3.63, 3.8) is 0 Å². The minimum atomic E-state index is 0.0308. The molecule has 1 aromatic heterocycles. The summed E-state index contributed by atoms with van der Waals surface area (Å²) in [6, 6.07) is 8.31. The lowest BCUT2D eigenvalue weighted by atomic mass is 10.00. The number of hydrogen-bond donors (Lipinski definition) is 2. The maximum atomic E-state index is 5.76. The molecule has 0 aliphatic rings. The summed E-state index contributed by atoms with van der Waals surface area (Å²) in [5, 5.41) is 0. The molecule has 0 radical (unpaired) electrons. The van der Waals surface area contributed by atoms with Gasteiger partial charge in [-0.1, -0.05) is 6.07 Å². The van der Waals surface area contributed by atoms with E-state index in [1.807, 2.05) is 12.1 Å². The van der Waals surface area contributed by atoms with Crippen molar-refractivity contribution in [2.75, 3.05) is 7.11 Å². The average molecular weight is 276 g/mol. The number of hydrogen-bond acceptors (Lipinski definition) is 4. The number of methoxy groups -OCH3 is 1. The second kappa shape index (κ2) is 5.74. The van der Waals surface area contributed by atoms with Crippen LogP contribution in [0.3, 0.4) is 0 Å². The van der Waals surface area contributed by atoms with Gasteiger partial charge >= 0.3 is 0 Å². The summed E-state index contributed by atoms with van der Waals surface area (Å²) in [5.41, 5.74) is 6.59. The van der Waals surface area contributed by atoms with Gasteiger partial charge in [0.15, 0.2) is 0 Å². The van der Waals surface area contributed by atoms with E-state index in [0.717, 1.165) is 5.75 Å². The molecule has 0 fully saturated rings. The fraction of sp³-hybridized carbons (Fsp3) is 0.333. The summed E-state index contributed by atoms with van der Waals surface area (Å²) >= 11 is 1.79. The van der Waals surface area contributed by atoms with Crippen LogP contribution >= 0.6 is 11.3 Å². The minimum Gasteiger partial charge on any atom is -0.497 e. The quantitative estimate of drug-likeness (QED) is 0.666. The van der Waals surface area contributed by atoms with Crippen molar-refractivity contribution in [2.24, 2.45) is 5.84 Å². The van der Waals surface area contributed by atoms with Gasteiger partial charge in [-0.3, -0.25) is 5.84 Å². The third-order valence-corrected chi connectivity index (χ3v) is 4.64. The summed E-state index contributed by atoms with van der Waals surface area (Å²) in [6.45, 7) is 6.34. The van der Waals surface area contributed by atoms with Crippen LogP contribution < -0.4 is 16.0 Å². The van der Waals surface area contributed by atoms with Crippen LogP contribution in [0.2, 0.25) is 0 Å². The summed E-state index contributed by atoms with van der Waals surface area (Å²) in [5.74, 6) is 6.63. The highest BCUT2D eigenvalue weighted by molar-refractivity contribution is 7.12. The highest BCUT2D eigenvalue weighted by Gasteiger charge is 2.17. The van der Waals surface area contributed by atoms with Crippen molar-refractivity contribution >= 4 is 11.3 Å². The van der Waals surface area contributed by atoms with Crippen molar-refractivity contribution in [3.8, 4) is 5.75 Å². The lowest BCUT2D eigenvalue weighted by Crippen LogP contribution is -2.28. The van der Waals surface area contributed by atoms with Crippen LogP contribution in [0.25, 0.3) is 0 Å². The number of aryl methyl sites for hydroxylation is 3. The molecule has 1 atom stereocenters. The van der Waals surface area contributed by atoms with Crippen molar-refractivity contribution in [1.82, 2.24) is 5.43 Å². The molecule has 3 nitrogen and oxygen atoms in total. The summed E-state index contributed by atoms with van der Waals surface area (Å²) in [7, 11) is 1.68. The van der Waals surface area contributed by atoms with E-state index in [-0.39, 0.29) is 6.04 Å². The molecule has 2 rings (SSSR count). The molecule has 1 aromatic carbocycles. The van der Waals surface area contributed by atoms with Crippen molar-refractivity contribution in [3.05, 3.63) is 50.7 Å². The van der Waals surface area contributed by atoms with E-state index in [2.05, 4.69) is 38.3 Å². The van der Waals surface area contributed by atoms with Gasteiger partial charge in [-0.25, -0.2) is 5.43 Å². The molecule has 0 aliphatic carbocycles. The first kappa shape index (κ1) is 14.1. The maximum Gasteiger partial charge on any atom is 0.119 e. The van der Waals surface area contributed by atoms with Gasteiger partial charge in [-0.2, -0.15) is 0 Å². The van der Waals surface area contributed by atoms with Crippen molar-refractivity contribution in [2.45, 2.75) is 26.8 Å². The van der Waals surface area contributed by atoms with Gasteiger partial charge in [-0.15, -0.1) is 11.3 Å². The topological polar surface area (TPSA) is 47.3 Å². The largest absolute Gasteiger partial charge is 0.497 e. The summed E-state index contributed by atoms with van der Waals surface area (Å²) < 4.78 is 5.24. The summed E-state index contributed by atoms with van der Waals surface area (Å²) in [6.07, 6.45) is 0. The monoisotopic (exact) mass is 276 g/mol. The Balaban J connectivity index is 2.42. The average Bonchev–Trinajstić information content (AvgIpc) is 2.72. The molecule has 0 spiro atoms. The van der Waals surface area contributed by atoms with Crippen LogP contribution in [0.5, 0.6) is 5.75 Å². The van der Waals surface area contributed by atoms with Gasteiger partial charge in [0.25, 0.3) is 0 Å². The first-order valence-corrected chi connectivity index (χ1v) is 7.06. The van der Waals surface area contributed by atoms with Crippen LogP contribution in [-0.2, 0) is 0 Å². The standard InChI is InChI=1S/C15H20N2OS/c1-9-8-14(19-11(9)3)15(17-16)13-6-5-12(18-4)7-10(13)2/h5-8,15,17H,16H2,1-4H3. The highest BCUT2D eigenvalue weighted by Crippen LogP contribution is 2.32. The summed E-state index contributed by atoms with van der Waals surface area (Å²) in [4.78, 5) is 2.58. The fourth-order valence-electron chi connectivity index (χ4n) is 2.17. The Morgan fingerprint density at radius 2 is 1.89 bits per heavy atom. The number of ether oxygens (including phenoxy) is 1. The minimum absolute atomic E-state index is 0.0308. The molecule has 1 unspecified atom stereocenters. The molecule has 4 heteroatoms. The fourth-order valence-corrected chi connectivity index (χ4v) is 3.29. The molecule has 1 heterocycles. The molecule has 0 saturated heterocycles. The Hall–Kier alpha value is -1.36. The zero-order valence-electron chi connectivity index (χ0n) is 11.8. The number of rotatable bonds is 4. The Morgan fingerprint density at radius 3 is 2.37 bits per heavy atom. The van der Waals surface area contributed by atoms with Crippen LogP contribution in [0.1, 0.15) is 32.5 Å². The predicted octanol–water partition coefficient (Wildman–Crippen LogP) is 3.23. The van der Waals surface area contributed by atoms with Crippen molar-refractivity contribution < 1.29 is 4.74 Å². The Bertz CT molecular complexity index is 558. The molecule has 0 amide bonds. The maximum absolute atomic E-state index is 5.76. The molecule has 3 N–H and O–H groups in total. The zero-order chi connectivity index (χ0) is 14.0. The molecular formula is C15H20N2OS. The van der Waals surface area contributed by atoms with Crippen LogP contribution in [0.15, 0.2) is 24.3 Å². The normalized spacial score (nSPS) is 12.5. The van der Waals surface area contributed by atoms with E-state index in [0.29, 0.717) is 0 Å². The molecular weight excluding hydrogens is 256 g/mol. The smallest absolute Gasteiger partial charge is 0.119 e. The Kier molecular flexibility index (Phi) is 4.24.